The average Bonchev–Trinajstić information content (AvgIpc) is 2.39. The summed E-state index contributed by atoms with van der Waals surface area (Å²) in [6, 6.07) is 7.20. The molecule has 3 rings (SSSR count). The van der Waals surface area contributed by atoms with Crippen LogP contribution in [0.3, 0.4) is 0 Å². The van der Waals surface area contributed by atoms with E-state index in [0.29, 0.717) is 23.7 Å². The van der Waals surface area contributed by atoms with Gasteiger partial charge in [0.15, 0.2) is 0 Å². The van der Waals surface area contributed by atoms with Crippen LogP contribution in [0.2, 0.25) is 0 Å². The fourth-order valence-corrected chi connectivity index (χ4v) is 3.92. The smallest absolute Gasteiger partial charge is 0.337 e. The predicted octanol–water partition coefficient (Wildman–Crippen LogP) is 3.12. The summed E-state index contributed by atoms with van der Waals surface area (Å²) >= 11 is 0. The normalized spacial score (nSPS) is 29.1. The molecule has 1 aromatic carbocycles. The summed E-state index contributed by atoms with van der Waals surface area (Å²) in [4.78, 5) is 13.9. The SMILES string of the molecule is Cc1ccc(C(=O)O)c(NC2CC3CCCC(C2)N3C)c1. The molecule has 0 spiro atoms. The quantitative estimate of drug-likeness (QED) is 0.897. The second-order valence-corrected chi connectivity index (χ2v) is 6.57. The molecule has 2 aliphatic heterocycles. The third-order valence-electron chi connectivity index (χ3n) is 5.10. The maximum absolute atomic E-state index is 11.4. The Morgan fingerprint density at radius 2 is 1.95 bits per heavy atom. The van der Waals surface area contributed by atoms with E-state index in [1.165, 1.54) is 19.3 Å². The topological polar surface area (TPSA) is 52.6 Å². The molecule has 0 aromatic heterocycles. The standard InChI is InChI=1S/C17H24N2O2/c1-11-6-7-15(17(20)21)16(8-11)18-12-9-13-4-3-5-14(10-12)19(13)2/h6-8,12-14,18H,3-5,9-10H2,1-2H3,(H,20,21). The molecule has 21 heavy (non-hydrogen) atoms. The highest BCUT2D eigenvalue weighted by Crippen LogP contribution is 2.34. The zero-order chi connectivity index (χ0) is 15.0. The third kappa shape index (κ3) is 2.91. The summed E-state index contributed by atoms with van der Waals surface area (Å²) in [5.41, 5.74) is 2.25. The van der Waals surface area contributed by atoms with Gasteiger partial charge in [0.2, 0.25) is 0 Å². The van der Waals surface area contributed by atoms with Gasteiger partial charge >= 0.3 is 5.97 Å². The highest BCUT2D eigenvalue weighted by molar-refractivity contribution is 5.94. The number of piperidine rings is 2. The van der Waals surface area contributed by atoms with E-state index in [2.05, 4.69) is 17.3 Å². The van der Waals surface area contributed by atoms with Crippen molar-refractivity contribution in [1.82, 2.24) is 4.90 Å². The van der Waals surface area contributed by atoms with Gasteiger partial charge in [-0.25, -0.2) is 4.79 Å². The van der Waals surface area contributed by atoms with Crippen LogP contribution in [0.15, 0.2) is 18.2 Å². The molecule has 4 heteroatoms. The van der Waals surface area contributed by atoms with Crippen molar-refractivity contribution < 1.29 is 9.90 Å². The molecule has 2 fully saturated rings. The lowest BCUT2D eigenvalue weighted by Crippen LogP contribution is -2.52. The zero-order valence-electron chi connectivity index (χ0n) is 12.8. The van der Waals surface area contributed by atoms with Gasteiger partial charge in [-0.1, -0.05) is 12.5 Å². The highest BCUT2D eigenvalue weighted by Gasteiger charge is 2.36. The maximum Gasteiger partial charge on any atom is 0.337 e. The average molecular weight is 288 g/mol. The Morgan fingerprint density at radius 3 is 2.57 bits per heavy atom. The van der Waals surface area contributed by atoms with E-state index in [0.717, 1.165) is 24.1 Å². The number of carboxylic acid groups (broad SMARTS) is 1. The van der Waals surface area contributed by atoms with Crippen LogP contribution in [0, 0.1) is 6.92 Å². The van der Waals surface area contributed by atoms with Crippen LogP contribution < -0.4 is 5.32 Å². The van der Waals surface area contributed by atoms with Crippen molar-refractivity contribution >= 4 is 11.7 Å². The van der Waals surface area contributed by atoms with Crippen molar-refractivity contribution in [2.45, 2.75) is 57.2 Å². The van der Waals surface area contributed by atoms with Crippen LogP contribution in [0.4, 0.5) is 5.69 Å². The summed E-state index contributed by atoms with van der Waals surface area (Å²) in [7, 11) is 2.24. The number of hydrogen-bond acceptors (Lipinski definition) is 3. The summed E-state index contributed by atoms with van der Waals surface area (Å²) in [6.45, 7) is 2.00. The molecule has 2 unspecified atom stereocenters. The molecule has 2 atom stereocenters. The Bertz CT molecular complexity index is 530. The Kier molecular flexibility index (Phi) is 3.89. The molecule has 2 N–H and O–H groups in total. The van der Waals surface area contributed by atoms with Gasteiger partial charge in [-0.15, -0.1) is 0 Å². The van der Waals surface area contributed by atoms with E-state index >= 15 is 0 Å². The minimum Gasteiger partial charge on any atom is -0.478 e. The lowest BCUT2D eigenvalue weighted by Gasteiger charge is -2.47. The second-order valence-electron chi connectivity index (χ2n) is 6.57. The summed E-state index contributed by atoms with van der Waals surface area (Å²) in [5.74, 6) is -0.856. The molecule has 0 saturated carbocycles. The van der Waals surface area contributed by atoms with Crippen molar-refractivity contribution in [3.05, 3.63) is 29.3 Å². The first kappa shape index (κ1) is 14.4. The first-order valence-corrected chi connectivity index (χ1v) is 7.87. The maximum atomic E-state index is 11.4. The molecule has 0 aliphatic carbocycles. The van der Waals surface area contributed by atoms with Gasteiger partial charge < -0.3 is 15.3 Å². The Balaban J connectivity index is 1.78. The fourth-order valence-electron chi connectivity index (χ4n) is 3.92. The van der Waals surface area contributed by atoms with Crippen LogP contribution in [0.5, 0.6) is 0 Å². The number of benzene rings is 1. The molecular formula is C17H24N2O2. The second kappa shape index (κ2) is 5.68. The molecule has 4 nitrogen and oxygen atoms in total. The highest BCUT2D eigenvalue weighted by atomic mass is 16.4. The van der Waals surface area contributed by atoms with Crippen LogP contribution >= 0.6 is 0 Å². The van der Waals surface area contributed by atoms with Crippen LogP contribution in [-0.4, -0.2) is 41.1 Å². The van der Waals surface area contributed by atoms with E-state index in [9.17, 15) is 9.90 Å². The van der Waals surface area contributed by atoms with Gasteiger partial charge in [0.05, 0.1) is 5.56 Å². The number of aryl methyl sites for hydroxylation is 1. The van der Waals surface area contributed by atoms with Crippen LogP contribution in [0.1, 0.15) is 48.0 Å². The number of nitrogens with zero attached hydrogens (tertiary/aromatic N) is 1. The van der Waals surface area contributed by atoms with Gasteiger partial charge in [0, 0.05) is 23.8 Å². The largest absolute Gasteiger partial charge is 0.478 e. The molecule has 2 aliphatic rings. The van der Waals surface area contributed by atoms with Gasteiger partial charge in [0.1, 0.15) is 0 Å². The lowest BCUT2D eigenvalue weighted by molar-refractivity contribution is 0.0607. The summed E-state index contributed by atoms with van der Waals surface area (Å²) in [5, 5.41) is 12.9. The van der Waals surface area contributed by atoms with Gasteiger partial charge in [-0.3, -0.25) is 0 Å². The minimum atomic E-state index is -0.856. The predicted molar refractivity (Wildman–Crippen MR) is 84.0 cm³/mol. The third-order valence-corrected chi connectivity index (χ3v) is 5.10. The summed E-state index contributed by atoms with van der Waals surface area (Å²) < 4.78 is 0. The van der Waals surface area contributed by atoms with Crippen molar-refractivity contribution in [1.29, 1.82) is 0 Å². The van der Waals surface area contributed by atoms with Crippen molar-refractivity contribution in [2.24, 2.45) is 0 Å². The first-order valence-electron chi connectivity index (χ1n) is 7.87. The molecule has 2 saturated heterocycles. The number of nitrogens with one attached hydrogen (secondary N) is 1. The van der Waals surface area contributed by atoms with Crippen molar-refractivity contribution in [2.75, 3.05) is 12.4 Å². The first-order chi connectivity index (χ1) is 10.0. The van der Waals surface area contributed by atoms with Gasteiger partial charge in [-0.05, 0) is 57.4 Å². The Labute approximate surface area is 126 Å². The molecule has 2 bridgehead atoms. The lowest BCUT2D eigenvalue weighted by atomic mass is 9.82. The number of aromatic carboxylic acids is 1. The van der Waals surface area contributed by atoms with E-state index in [1.54, 1.807) is 6.07 Å². The molecular weight excluding hydrogens is 264 g/mol. The number of hydrogen-bond donors (Lipinski definition) is 2. The fraction of sp³-hybridized carbons (Fsp3) is 0.588. The van der Waals surface area contributed by atoms with Gasteiger partial charge in [-0.2, -0.15) is 0 Å². The number of anilines is 1. The molecule has 114 valence electrons. The number of fused-ring (bicyclic) bond motifs is 2. The van der Waals surface area contributed by atoms with Crippen LogP contribution in [0.25, 0.3) is 0 Å². The molecule has 0 amide bonds. The number of carbonyl (C=O) groups is 1. The molecule has 0 radical (unpaired) electrons. The summed E-state index contributed by atoms with van der Waals surface area (Å²) in [6.07, 6.45) is 6.09. The van der Waals surface area contributed by atoms with E-state index in [1.807, 2.05) is 19.1 Å². The van der Waals surface area contributed by atoms with Gasteiger partial charge in [0.25, 0.3) is 0 Å². The van der Waals surface area contributed by atoms with E-state index in [-0.39, 0.29) is 0 Å². The molecule has 1 aromatic rings. The number of carboxylic acids is 1. The van der Waals surface area contributed by atoms with E-state index < -0.39 is 5.97 Å². The van der Waals surface area contributed by atoms with Crippen molar-refractivity contribution in [3.8, 4) is 0 Å². The number of rotatable bonds is 3. The minimum absolute atomic E-state index is 0.379. The zero-order valence-corrected chi connectivity index (χ0v) is 12.8. The monoisotopic (exact) mass is 288 g/mol. The van der Waals surface area contributed by atoms with E-state index in [4.69, 9.17) is 0 Å². The Morgan fingerprint density at radius 1 is 1.29 bits per heavy atom. The Hall–Kier alpha value is -1.55. The molecule has 2 heterocycles. The van der Waals surface area contributed by atoms with Crippen LogP contribution in [-0.2, 0) is 0 Å². The van der Waals surface area contributed by atoms with Crippen molar-refractivity contribution in [3.63, 3.8) is 0 Å².